The molecular weight excluding hydrogens is 648 g/mol. The molecule has 4 N–H and O–H groups in total. The van der Waals surface area contributed by atoms with Crippen LogP contribution in [0.1, 0.15) is 119 Å². The molecule has 1 unspecified atom stereocenters. The Balaban J connectivity index is 0.00000188. The third kappa shape index (κ3) is 9.60. The summed E-state index contributed by atoms with van der Waals surface area (Å²) in [6, 6.07) is 14.9. The lowest BCUT2D eigenvalue weighted by Crippen LogP contribution is -2.48. The van der Waals surface area contributed by atoms with Gasteiger partial charge in [-0.25, -0.2) is 9.78 Å². The van der Waals surface area contributed by atoms with Crippen LogP contribution in [0, 0.1) is 0 Å². The summed E-state index contributed by atoms with van der Waals surface area (Å²) >= 11 is 0. The number of nitrogens with one attached hydrogen (secondary N) is 3. The first-order valence-corrected chi connectivity index (χ1v) is 17.3. The van der Waals surface area contributed by atoms with Gasteiger partial charge in [-0.3, -0.25) is 14.0 Å². The van der Waals surface area contributed by atoms with Crippen LogP contribution >= 0.6 is 0 Å². The summed E-state index contributed by atoms with van der Waals surface area (Å²) in [5.41, 5.74) is 3.76. The number of ether oxygens (including phenoxy) is 1. The van der Waals surface area contributed by atoms with Crippen molar-refractivity contribution in [3.8, 4) is 5.75 Å². The molecule has 3 amide bonds. The van der Waals surface area contributed by atoms with Crippen molar-refractivity contribution in [2.45, 2.75) is 96.7 Å². The second-order valence-electron chi connectivity index (χ2n) is 14.8. The van der Waals surface area contributed by atoms with Crippen molar-refractivity contribution < 1.29 is 24.2 Å². The molecule has 0 bridgehead atoms. The van der Waals surface area contributed by atoms with Gasteiger partial charge < -0.3 is 30.7 Å². The van der Waals surface area contributed by atoms with Gasteiger partial charge in [0.25, 0.3) is 12.4 Å². The molecule has 0 radical (unpaired) electrons. The van der Waals surface area contributed by atoms with E-state index >= 15 is 0 Å². The van der Waals surface area contributed by atoms with E-state index in [1.807, 2.05) is 81.9 Å². The highest BCUT2D eigenvalue weighted by atomic mass is 16.5. The Kier molecular flexibility index (Phi) is 12.4. The van der Waals surface area contributed by atoms with Gasteiger partial charge in [-0.05, 0) is 82.6 Å². The molecule has 0 aliphatic heterocycles. The number of nitrogens with zero attached hydrogens (tertiary/aromatic N) is 5. The minimum atomic E-state index is -0.351. The van der Waals surface area contributed by atoms with Crippen molar-refractivity contribution in [2.75, 3.05) is 26.0 Å². The van der Waals surface area contributed by atoms with E-state index < -0.39 is 0 Å². The second kappa shape index (κ2) is 16.3. The first-order valence-electron chi connectivity index (χ1n) is 17.3. The van der Waals surface area contributed by atoms with Gasteiger partial charge in [-0.2, -0.15) is 0 Å². The van der Waals surface area contributed by atoms with Gasteiger partial charge in [0, 0.05) is 34.8 Å². The van der Waals surface area contributed by atoms with Crippen molar-refractivity contribution >= 4 is 29.7 Å². The summed E-state index contributed by atoms with van der Waals surface area (Å²) in [6.45, 7) is 14.7. The minimum absolute atomic E-state index is 0.170. The quantitative estimate of drug-likeness (QED) is 0.136. The number of pyridine rings is 2. The topological polar surface area (TPSA) is 163 Å². The van der Waals surface area contributed by atoms with Crippen molar-refractivity contribution in [2.24, 2.45) is 0 Å². The maximum Gasteiger partial charge on any atom is 0.319 e. The Morgan fingerprint density at radius 1 is 1.06 bits per heavy atom. The van der Waals surface area contributed by atoms with E-state index in [-0.39, 0.29) is 53.1 Å². The fraction of sp³-hybridized carbons (Fsp3) is 0.474. The number of anilines is 1. The molecule has 0 spiro atoms. The van der Waals surface area contributed by atoms with Gasteiger partial charge >= 0.3 is 6.03 Å². The van der Waals surface area contributed by atoms with Crippen molar-refractivity contribution in [3.05, 3.63) is 83.1 Å². The lowest BCUT2D eigenvalue weighted by atomic mass is 9.85. The number of carbonyl (C=O) groups is 3. The molecule has 4 aromatic rings. The van der Waals surface area contributed by atoms with Crippen LogP contribution in [-0.4, -0.2) is 74.2 Å². The van der Waals surface area contributed by atoms with E-state index in [1.165, 1.54) is 0 Å². The molecule has 5 rings (SSSR count). The fourth-order valence-corrected chi connectivity index (χ4v) is 5.64. The number of urea groups is 1. The maximum atomic E-state index is 13.5. The van der Waals surface area contributed by atoms with Gasteiger partial charge in [-0.1, -0.05) is 58.9 Å². The molecule has 3 aromatic heterocycles. The predicted octanol–water partition coefficient (Wildman–Crippen LogP) is 6.48. The van der Waals surface area contributed by atoms with Crippen molar-refractivity contribution in [1.82, 2.24) is 35.1 Å². The van der Waals surface area contributed by atoms with Crippen molar-refractivity contribution in [3.63, 3.8) is 0 Å². The highest BCUT2D eigenvalue weighted by Gasteiger charge is 2.30. The van der Waals surface area contributed by atoms with E-state index in [0.29, 0.717) is 24.3 Å². The lowest BCUT2D eigenvalue weighted by molar-refractivity contribution is -0.122. The zero-order chi connectivity index (χ0) is 37.5. The fourth-order valence-electron chi connectivity index (χ4n) is 5.64. The number of amides is 3. The van der Waals surface area contributed by atoms with Gasteiger partial charge in [0.05, 0.1) is 12.2 Å². The Bertz CT molecular complexity index is 1830. The molecule has 0 saturated heterocycles. The number of hydrogen-bond donors (Lipinski definition) is 4. The number of fused-ring (bicyclic) bond motifs is 2. The molecule has 3 atom stereocenters. The van der Waals surface area contributed by atoms with Gasteiger partial charge in [-0.15, -0.1) is 10.2 Å². The van der Waals surface area contributed by atoms with E-state index in [4.69, 9.17) is 14.6 Å². The first-order chi connectivity index (χ1) is 24.1. The van der Waals surface area contributed by atoms with E-state index in [2.05, 4.69) is 69.8 Å². The molecule has 0 saturated carbocycles. The number of carbonyl (C=O) groups excluding carboxylic acids is 2. The molecule has 274 valence electrons. The van der Waals surface area contributed by atoms with Gasteiger partial charge in [0.2, 0.25) is 0 Å². The largest absolute Gasteiger partial charge is 0.484 e. The van der Waals surface area contributed by atoms with Crippen LogP contribution in [-0.2, 0) is 10.2 Å². The Morgan fingerprint density at radius 2 is 1.75 bits per heavy atom. The number of rotatable bonds is 10. The summed E-state index contributed by atoms with van der Waals surface area (Å²) in [4.78, 5) is 41.7. The van der Waals surface area contributed by atoms with E-state index in [0.717, 1.165) is 41.2 Å². The van der Waals surface area contributed by atoms with Crippen LogP contribution in [0.15, 0.2) is 54.7 Å². The molecule has 1 aromatic carbocycles. The molecule has 1 aliphatic rings. The Labute approximate surface area is 300 Å². The zero-order valence-electron chi connectivity index (χ0n) is 31.2. The van der Waals surface area contributed by atoms with E-state index in [1.54, 1.807) is 6.07 Å². The zero-order valence-corrected chi connectivity index (χ0v) is 31.2. The molecule has 0 fully saturated rings. The maximum absolute atomic E-state index is 13.5. The predicted molar refractivity (Wildman–Crippen MR) is 197 cm³/mol. The summed E-state index contributed by atoms with van der Waals surface area (Å²) in [6.07, 6.45) is 4.18. The summed E-state index contributed by atoms with van der Waals surface area (Å²) in [7, 11) is 3.96. The first kappa shape index (κ1) is 38.8. The Morgan fingerprint density at radius 3 is 2.39 bits per heavy atom. The van der Waals surface area contributed by atoms with Crippen LogP contribution in [0.25, 0.3) is 5.65 Å². The van der Waals surface area contributed by atoms with Gasteiger partial charge in [0.15, 0.2) is 5.65 Å². The summed E-state index contributed by atoms with van der Waals surface area (Å²) in [5, 5.41) is 24.8. The standard InChI is InChI=1S/C37H50N8O3.CH2O2/c1-10-23(2)33-43-42-32-18-15-25(21-45(32)33)48-30-17-16-28(26-13-11-12-14-27(26)30)41-35(47)39-24-19-29(40-31(20-24)36(3,4)5)34(46)38-22-37(6,7)44(8)9;2-1-3/h11-15,18-21,23,28,30H,10,16-17,22H2,1-9H3,(H,38,46)(H2,39,40,41,47);1H,(H,2,3)/t23?,28-,30+;/m0./s1. The monoisotopic (exact) mass is 700 g/mol. The average Bonchev–Trinajstić information content (AvgIpc) is 3.51. The lowest BCUT2D eigenvalue weighted by Gasteiger charge is -2.32. The molecule has 13 heteroatoms. The highest BCUT2D eigenvalue weighted by Crippen LogP contribution is 2.39. The molecule has 51 heavy (non-hydrogen) atoms. The number of likely N-dealkylation sites (N-methyl/N-ethyl adjacent to an activating group) is 1. The van der Waals surface area contributed by atoms with Gasteiger partial charge in [0.1, 0.15) is 23.4 Å². The van der Waals surface area contributed by atoms with Crippen LogP contribution < -0.4 is 20.7 Å². The van der Waals surface area contributed by atoms with Crippen molar-refractivity contribution in [1.29, 1.82) is 0 Å². The SMILES string of the molecule is CCC(C)c1nnc2ccc(O[C@@H]3CC[C@H](NC(=O)Nc4cc(C(=O)NCC(C)(C)N(C)C)nc(C(C)(C)C)c4)c4ccccc43)cn12.O=CO. The average molecular weight is 701 g/mol. The van der Waals surface area contributed by atoms with Crippen LogP contribution in [0.4, 0.5) is 10.5 Å². The molecule has 3 heterocycles. The number of aromatic nitrogens is 4. The Hall–Kier alpha value is -5.04. The highest BCUT2D eigenvalue weighted by molar-refractivity contribution is 5.95. The number of hydrogen-bond acceptors (Lipinski definition) is 8. The second-order valence-corrected chi connectivity index (χ2v) is 14.8. The minimum Gasteiger partial charge on any atom is -0.484 e. The number of carboxylic acid groups (broad SMARTS) is 1. The van der Waals surface area contributed by atoms with Crippen LogP contribution in [0.3, 0.4) is 0 Å². The molecule has 1 aliphatic carbocycles. The van der Waals surface area contributed by atoms with E-state index in [9.17, 15) is 9.59 Å². The molecule has 13 nitrogen and oxygen atoms in total. The third-order valence-corrected chi connectivity index (χ3v) is 9.45. The smallest absolute Gasteiger partial charge is 0.319 e. The molecular formula is C38H52N8O5. The third-order valence-electron chi connectivity index (χ3n) is 9.45. The van der Waals surface area contributed by atoms with Crippen LogP contribution in [0.5, 0.6) is 5.75 Å². The van der Waals surface area contributed by atoms with Crippen LogP contribution in [0.2, 0.25) is 0 Å². The number of benzene rings is 1. The summed E-state index contributed by atoms with van der Waals surface area (Å²) < 4.78 is 8.57. The summed E-state index contributed by atoms with van der Waals surface area (Å²) in [5.74, 6) is 1.65. The normalized spacial score (nSPS) is 16.4.